The van der Waals surface area contributed by atoms with Crippen molar-refractivity contribution < 1.29 is 9.53 Å². The molecule has 4 aromatic rings. The first-order valence-electron chi connectivity index (χ1n) is 8.84. The maximum absolute atomic E-state index is 12.9. The van der Waals surface area contributed by atoms with Crippen LogP contribution < -0.4 is 10.1 Å². The van der Waals surface area contributed by atoms with Gasteiger partial charge in [0, 0.05) is 36.5 Å². The minimum absolute atomic E-state index is 0.135. The molecule has 1 atom stereocenters. The van der Waals surface area contributed by atoms with Gasteiger partial charge in [-0.3, -0.25) is 9.20 Å². The normalized spacial score (nSPS) is 12.4. The number of methoxy groups -OCH3 is 1. The summed E-state index contributed by atoms with van der Waals surface area (Å²) in [6, 6.07) is 9.31. The number of benzene rings is 1. The van der Waals surface area contributed by atoms with Crippen molar-refractivity contribution in [2.75, 3.05) is 7.11 Å². The number of ether oxygens (including phenoxy) is 1. The predicted molar refractivity (Wildman–Crippen MR) is 103 cm³/mol. The van der Waals surface area contributed by atoms with Crippen molar-refractivity contribution in [1.82, 2.24) is 24.3 Å². The first-order chi connectivity index (χ1) is 13.1. The van der Waals surface area contributed by atoms with Crippen LogP contribution in [0.25, 0.3) is 16.7 Å². The Morgan fingerprint density at radius 3 is 2.93 bits per heavy atom. The maximum atomic E-state index is 12.9. The third kappa shape index (κ3) is 3.01. The van der Waals surface area contributed by atoms with Gasteiger partial charge in [0.05, 0.1) is 18.8 Å². The molecule has 3 aromatic heterocycles. The third-order valence-corrected chi connectivity index (χ3v) is 4.81. The largest absolute Gasteiger partial charge is 0.497 e. The second kappa shape index (κ2) is 6.75. The number of nitrogens with zero attached hydrogens (tertiary/aromatic N) is 4. The van der Waals surface area contributed by atoms with Crippen LogP contribution in [-0.2, 0) is 7.05 Å². The lowest BCUT2D eigenvalue weighted by Crippen LogP contribution is -2.29. The van der Waals surface area contributed by atoms with Crippen molar-refractivity contribution in [3.8, 4) is 5.75 Å². The molecular formula is C20H21N5O2. The number of aromatic nitrogens is 4. The first-order valence-corrected chi connectivity index (χ1v) is 8.84. The summed E-state index contributed by atoms with van der Waals surface area (Å²) in [6.07, 6.45) is 6.23. The fraction of sp³-hybridized carbons (Fsp3) is 0.250. The first kappa shape index (κ1) is 17.1. The van der Waals surface area contributed by atoms with E-state index in [-0.39, 0.29) is 11.9 Å². The van der Waals surface area contributed by atoms with Gasteiger partial charge in [0.2, 0.25) is 5.78 Å². The molecule has 138 valence electrons. The molecule has 0 aliphatic carbocycles. The Kier molecular flexibility index (Phi) is 4.27. The molecule has 7 nitrogen and oxygen atoms in total. The number of rotatable bonds is 5. The lowest BCUT2D eigenvalue weighted by Gasteiger charge is -2.15. The van der Waals surface area contributed by atoms with Gasteiger partial charge < -0.3 is 14.6 Å². The van der Waals surface area contributed by atoms with E-state index < -0.39 is 0 Å². The lowest BCUT2D eigenvalue weighted by molar-refractivity contribution is 0.0927. The monoisotopic (exact) mass is 363 g/mol. The number of hydrogen-bond acceptors (Lipinski definition) is 4. The lowest BCUT2D eigenvalue weighted by atomic mass is 10.1. The highest BCUT2D eigenvalue weighted by Crippen LogP contribution is 2.24. The standard InChI is InChI=1S/C20H21N5O2/c1-4-15(16-12-25-9-5-8-21-20(25)23-16)22-19(26)18-11-13-10-14(27-3)6-7-17(13)24(18)2/h5-12,15H,4H2,1-3H3,(H,22,26). The molecule has 0 radical (unpaired) electrons. The van der Waals surface area contributed by atoms with Gasteiger partial charge in [-0.05, 0) is 36.8 Å². The van der Waals surface area contributed by atoms with E-state index in [1.54, 1.807) is 13.3 Å². The Balaban J connectivity index is 1.63. The number of carbonyl (C=O) groups is 1. The Labute approximate surface area is 156 Å². The molecule has 1 amide bonds. The van der Waals surface area contributed by atoms with Crippen molar-refractivity contribution >= 4 is 22.6 Å². The number of fused-ring (bicyclic) bond motifs is 2. The van der Waals surface area contributed by atoms with Crippen molar-refractivity contribution in [2.24, 2.45) is 7.05 Å². The van der Waals surface area contributed by atoms with Crippen LogP contribution in [0.1, 0.15) is 35.6 Å². The van der Waals surface area contributed by atoms with Crippen molar-refractivity contribution in [2.45, 2.75) is 19.4 Å². The minimum Gasteiger partial charge on any atom is -0.497 e. The van der Waals surface area contributed by atoms with E-state index >= 15 is 0 Å². The summed E-state index contributed by atoms with van der Waals surface area (Å²) in [5.74, 6) is 1.25. The zero-order chi connectivity index (χ0) is 19.0. The molecule has 0 saturated heterocycles. The molecule has 3 heterocycles. The van der Waals surface area contributed by atoms with E-state index in [0.29, 0.717) is 11.5 Å². The molecule has 1 N–H and O–H groups in total. The Morgan fingerprint density at radius 2 is 2.19 bits per heavy atom. The second-order valence-electron chi connectivity index (χ2n) is 6.44. The Morgan fingerprint density at radius 1 is 1.33 bits per heavy atom. The fourth-order valence-corrected chi connectivity index (χ4v) is 3.31. The summed E-state index contributed by atoms with van der Waals surface area (Å²) in [6.45, 7) is 2.02. The van der Waals surface area contributed by atoms with Crippen LogP contribution in [0.15, 0.2) is 48.9 Å². The van der Waals surface area contributed by atoms with Gasteiger partial charge in [0.15, 0.2) is 0 Å². The molecular weight excluding hydrogens is 342 g/mol. The Bertz CT molecular complexity index is 1100. The molecule has 0 bridgehead atoms. The van der Waals surface area contributed by atoms with Crippen molar-refractivity contribution in [1.29, 1.82) is 0 Å². The van der Waals surface area contributed by atoms with E-state index in [4.69, 9.17) is 4.74 Å². The van der Waals surface area contributed by atoms with Crippen LogP contribution in [0, 0.1) is 0 Å². The van der Waals surface area contributed by atoms with Crippen LogP contribution in [-0.4, -0.2) is 32.0 Å². The third-order valence-electron chi connectivity index (χ3n) is 4.81. The highest BCUT2D eigenvalue weighted by Gasteiger charge is 2.20. The molecule has 4 rings (SSSR count). The highest BCUT2D eigenvalue weighted by molar-refractivity contribution is 5.99. The number of hydrogen-bond donors (Lipinski definition) is 1. The van der Waals surface area contributed by atoms with Gasteiger partial charge in [-0.2, -0.15) is 0 Å². The quantitative estimate of drug-likeness (QED) is 0.591. The summed E-state index contributed by atoms with van der Waals surface area (Å²) in [5, 5.41) is 4.06. The van der Waals surface area contributed by atoms with E-state index in [1.807, 2.05) is 65.7 Å². The van der Waals surface area contributed by atoms with E-state index in [9.17, 15) is 4.79 Å². The van der Waals surface area contributed by atoms with Gasteiger partial charge in [0.25, 0.3) is 5.91 Å². The maximum Gasteiger partial charge on any atom is 0.268 e. The number of amides is 1. The van der Waals surface area contributed by atoms with Crippen LogP contribution >= 0.6 is 0 Å². The van der Waals surface area contributed by atoms with Crippen LogP contribution in [0.5, 0.6) is 5.75 Å². The molecule has 0 saturated carbocycles. The second-order valence-corrected chi connectivity index (χ2v) is 6.44. The van der Waals surface area contributed by atoms with Gasteiger partial charge >= 0.3 is 0 Å². The average Bonchev–Trinajstić information content (AvgIpc) is 3.26. The number of nitrogens with one attached hydrogen (secondary N) is 1. The smallest absolute Gasteiger partial charge is 0.268 e. The summed E-state index contributed by atoms with van der Waals surface area (Å²) < 4.78 is 9.02. The molecule has 27 heavy (non-hydrogen) atoms. The van der Waals surface area contributed by atoms with Crippen LogP contribution in [0.2, 0.25) is 0 Å². The van der Waals surface area contributed by atoms with Gasteiger partial charge in [-0.25, -0.2) is 9.97 Å². The molecule has 1 unspecified atom stereocenters. The topological polar surface area (TPSA) is 73.5 Å². The SMILES string of the molecule is CCC(NC(=O)c1cc2cc(OC)ccc2n1C)c1cn2cccnc2n1. The molecule has 0 aliphatic rings. The molecule has 0 fully saturated rings. The van der Waals surface area contributed by atoms with Gasteiger partial charge in [-0.1, -0.05) is 6.92 Å². The number of imidazole rings is 1. The van der Waals surface area contributed by atoms with E-state index in [0.717, 1.165) is 28.8 Å². The molecule has 0 aliphatic heterocycles. The van der Waals surface area contributed by atoms with E-state index in [2.05, 4.69) is 15.3 Å². The summed E-state index contributed by atoms with van der Waals surface area (Å²) >= 11 is 0. The number of carbonyl (C=O) groups excluding carboxylic acids is 1. The molecule has 1 aromatic carbocycles. The van der Waals surface area contributed by atoms with Crippen LogP contribution in [0.3, 0.4) is 0 Å². The highest BCUT2D eigenvalue weighted by atomic mass is 16.5. The zero-order valence-corrected chi connectivity index (χ0v) is 15.5. The van der Waals surface area contributed by atoms with Crippen molar-refractivity contribution in [3.05, 3.63) is 60.3 Å². The van der Waals surface area contributed by atoms with Gasteiger partial charge in [0.1, 0.15) is 11.4 Å². The number of aryl methyl sites for hydroxylation is 1. The Hall–Kier alpha value is -3.35. The van der Waals surface area contributed by atoms with Gasteiger partial charge in [-0.15, -0.1) is 0 Å². The van der Waals surface area contributed by atoms with E-state index in [1.165, 1.54) is 0 Å². The zero-order valence-electron chi connectivity index (χ0n) is 15.5. The molecule has 7 heteroatoms. The summed E-state index contributed by atoms with van der Waals surface area (Å²) in [4.78, 5) is 21.7. The minimum atomic E-state index is -0.188. The van der Waals surface area contributed by atoms with Crippen LogP contribution in [0.4, 0.5) is 0 Å². The predicted octanol–water partition coefficient (Wildman–Crippen LogP) is 3.11. The molecule has 0 spiro atoms. The summed E-state index contributed by atoms with van der Waals surface area (Å²) in [5.41, 5.74) is 2.37. The summed E-state index contributed by atoms with van der Waals surface area (Å²) in [7, 11) is 3.52. The fourth-order valence-electron chi connectivity index (χ4n) is 3.31. The van der Waals surface area contributed by atoms with Crippen molar-refractivity contribution in [3.63, 3.8) is 0 Å². The average molecular weight is 363 g/mol.